The van der Waals surface area contributed by atoms with Gasteiger partial charge in [0.05, 0.1) is 12.2 Å². The van der Waals surface area contributed by atoms with Crippen molar-refractivity contribution in [1.29, 1.82) is 0 Å². The molecule has 4 aliphatic carbocycles. The predicted octanol–water partition coefficient (Wildman–Crippen LogP) is 4.48. The van der Waals surface area contributed by atoms with Crippen molar-refractivity contribution in [2.24, 2.45) is 46.3 Å². The molecule has 0 bridgehead atoms. The van der Waals surface area contributed by atoms with Crippen LogP contribution in [0.3, 0.4) is 0 Å². The zero-order valence-electron chi connectivity index (χ0n) is 17.9. The van der Waals surface area contributed by atoms with Gasteiger partial charge in [-0.3, -0.25) is 4.79 Å². The largest absolute Gasteiger partial charge is 0.481 e. The summed E-state index contributed by atoms with van der Waals surface area (Å²) in [5.74, 6) is 1.97. The van der Waals surface area contributed by atoms with Gasteiger partial charge in [-0.15, -0.1) is 0 Å². The number of aliphatic hydroxyl groups is 2. The summed E-state index contributed by atoms with van der Waals surface area (Å²) in [4.78, 5) is 11.1. The minimum Gasteiger partial charge on any atom is -0.481 e. The van der Waals surface area contributed by atoms with Crippen LogP contribution in [-0.2, 0) is 4.79 Å². The van der Waals surface area contributed by atoms with Crippen molar-refractivity contribution in [1.82, 2.24) is 0 Å². The van der Waals surface area contributed by atoms with E-state index in [2.05, 4.69) is 20.8 Å². The number of rotatable bonds is 4. The number of carboxylic acids is 1. The Bertz CT molecular complexity index is 605. The minimum absolute atomic E-state index is 0.188. The molecule has 160 valence electrons. The highest BCUT2D eigenvalue weighted by molar-refractivity contribution is 5.66. The van der Waals surface area contributed by atoms with Crippen LogP contribution >= 0.6 is 0 Å². The molecule has 4 saturated carbocycles. The van der Waals surface area contributed by atoms with E-state index >= 15 is 0 Å². The molecule has 4 fully saturated rings. The Hall–Kier alpha value is -0.610. The fraction of sp³-hybridized carbons (Fsp3) is 0.958. The van der Waals surface area contributed by atoms with Gasteiger partial charge in [-0.25, -0.2) is 0 Å². The van der Waals surface area contributed by atoms with Gasteiger partial charge in [0.1, 0.15) is 0 Å². The third-order valence-corrected chi connectivity index (χ3v) is 10.3. The zero-order chi connectivity index (χ0) is 20.3. The molecule has 0 amide bonds. The van der Waals surface area contributed by atoms with E-state index < -0.39 is 5.97 Å². The van der Waals surface area contributed by atoms with Crippen molar-refractivity contribution >= 4 is 5.97 Å². The van der Waals surface area contributed by atoms with Crippen molar-refractivity contribution in [2.75, 3.05) is 0 Å². The molecule has 3 N–H and O–H groups in total. The number of fused-ring (bicyclic) bond motifs is 5. The fourth-order valence-electron chi connectivity index (χ4n) is 8.84. The van der Waals surface area contributed by atoms with Crippen LogP contribution in [0.25, 0.3) is 0 Å². The minimum atomic E-state index is -0.680. The molecular weight excluding hydrogens is 352 g/mol. The maximum Gasteiger partial charge on any atom is 0.303 e. The summed E-state index contributed by atoms with van der Waals surface area (Å²) in [7, 11) is 0. The van der Waals surface area contributed by atoms with Crippen LogP contribution in [0.4, 0.5) is 0 Å². The molecule has 28 heavy (non-hydrogen) atoms. The SMILES string of the molecule is CC[C@H]1[C@@H](O)[C@@H]2[C@H](CC[C@]3(C)[C@@H](CCC(=O)O)CC[C@@H]23)[C@@]2(C)CC[C@@H](O)C[C@@H]12. The Morgan fingerprint density at radius 2 is 1.64 bits per heavy atom. The third-order valence-electron chi connectivity index (χ3n) is 10.3. The molecule has 0 aromatic carbocycles. The second-order valence-electron chi connectivity index (χ2n) is 11.1. The molecule has 0 saturated heterocycles. The van der Waals surface area contributed by atoms with E-state index in [9.17, 15) is 20.1 Å². The molecule has 0 unspecified atom stereocenters. The van der Waals surface area contributed by atoms with Gasteiger partial charge in [0.25, 0.3) is 0 Å². The molecule has 10 atom stereocenters. The van der Waals surface area contributed by atoms with Crippen LogP contribution in [0.1, 0.15) is 85.0 Å². The number of carbonyl (C=O) groups is 1. The van der Waals surface area contributed by atoms with E-state index in [1.54, 1.807) is 0 Å². The topological polar surface area (TPSA) is 77.8 Å². The highest BCUT2D eigenvalue weighted by Crippen LogP contribution is 2.69. The van der Waals surface area contributed by atoms with Crippen LogP contribution < -0.4 is 0 Å². The first kappa shape index (κ1) is 20.7. The molecule has 4 rings (SSSR count). The fourth-order valence-corrected chi connectivity index (χ4v) is 8.84. The second-order valence-corrected chi connectivity index (χ2v) is 11.1. The number of carboxylic acid groups (broad SMARTS) is 1. The van der Waals surface area contributed by atoms with Gasteiger partial charge in [-0.05, 0) is 97.7 Å². The van der Waals surface area contributed by atoms with Gasteiger partial charge >= 0.3 is 5.97 Å². The predicted molar refractivity (Wildman–Crippen MR) is 109 cm³/mol. The number of hydrogen-bond donors (Lipinski definition) is 3. The summed E-state index contributed by atoms with van der Waals surface area (Å²) in [5.41, 5.74) is 0.428. The lowest BCUT2D eigenvalue weighted by Crippen LogP contribution is -2.62. The molecule has 0 spiro atoms. The highest BCUT2D eigenvalue weighted by Gasteiger charge is 2.64. The van der Waals surface area contributed by atoms with Gasteiger partial charge in [-0.1, -0.05) is 27.2 Å². The molecule has 0 radical (unpaired) electrons. The number of aliphatic carboxylic acids is 1. The van der Waals surface area contributed by atoms with E-state index in [0.717, 1.165) is 51.4 Å². The molecule has 4 heteroatoms. The molecule has 4 aliphatic rings. The number of aliphatic hydroxyl groups excluding tert-OH is 2. The molecule has 0 aromatic heterocycles. The van der Waals surface area contributed by atoms with Gasteiger partial charge in [-0.2, -0.15) is 0 Å². The van der Waals surface area contributed by atoms with E-state index in [-0.39, 0.29) is 29.5 Å². The normalized spacial score (nSPS) is 53.2. The summed E-state index contributed by atoms with van der Waals surface area (Å²) >= 11 is 0. The average molecular weight is 393 g/mol. The lowest BCUT2D eigenvalue weighted by molar-refractivity contribution is -0.202. The first-order valence-corrected chi connectivity index (χ1v) is 11.8. The molecular formula is C24H40O4. The first-order chi connectivity index (χ1) is 13.2. The van der Waals surface area contributed by atoms with Crippen molar-refractivity contribution in [3.63, 3.8) is 0 Å². The van der Waals surface area contributed by atoms with Gasteiger partial charge in [0.15, 0.2) is 0 Å². The summed E-state index contributed by atoms with van der Waals surface area (Å²) in [5, 5.41) is 31.1. The zero-order valence-corrected chi connectivity index (χ0v) is 17.9. The second kappa shape index (κ2) is 7.27. The molecule has 0 heterocycles. The van der Waals surface area contributed by atoms with Gasteiger partial charge in [0, 0.05) is 6.42 Å². The van der Waals surface area contributed by atoms with E-state index in [1.165, 1.54) is 6.42 Å². The summed E-state index contributed by atoms with van der Waals surface area (Å²) in [6.07, 6.45) is 9.08. The lowest BCUT2D eigenvalue weighted by Gasteiger charge is -2.64. The summed E-state index contributed by atoms with van der Waals surface area (Å²) in [6.45, 7) is 7.08. The molecule has 0 aromatic rings. The molecule has 4 nitrogen and oxygen atoms in total. The first-order valence-electron chi connectivity index (χ1n) is 11.8. The smallest absolute Gasteiger partial charge is 0.303 e. The summed E-state index contributed by atoms with van der Waals surface area (Å²) in [6, 6.07) is 0. The lowest BCUT2D eigenvalue weighted by atomic mass is 9.41. The van der Waals surface area contributed by atoms with Crippen LogP contribution in [0.5, 0.6) is 0 Å². The van der Waals surface area contributed by atoms with Crippen molar-refractivity contribution in [2.45, 2.75) is 97.2 Å². The van der Waals surface area contributed by atoms with Crippen molar-refractivity contribution in [3.05, 3.63) is 0 Å². The van der Waals surface area contributed by atoms with Crippen molar-refractivity contribution in [3.8, 4) is 0 Å². The van der Waals surface area contributed by atoms with Gasteiger partial charge in [0.2, 0.25) is 0 Å². The Morgan fingerprint density at radius 3 is 2.32 bits per heavy atom. The van der Waals surface area contributed by atoms with Crippen LogP contribution in [-0.4, -0.2) is 33.5 Å². The Balaban J connectivity index is 1.64. The third kappa shape index (κ3) is 2.96. The van der Waals surface area contributed by atoms with E-state index in [1.807, 2.05) is 0 Å². The maximum atomic E-state index is 11.6. The maximum absolute atomic E-state index is 11.6. The van der Waals surface area contributed by atoms with Gasteiger partial charge < -0.3 is 15.3 Å². The average Bonchev–Trinajstić information content (AvgIpc) is 2.98. The van der Waals surface area contributed by atoms with Crippen LogP contribution in [0, 0.1) is 46.3 Å². The van der Waals surface area contributed by atoms with Crippen molar-refractivity contribution < 1.29 is 20.1 Å². The quantitative estimate of drug-likeness (QED) is 0.659. The molecule has 0 aliphatic heterocycles. The monoisotopic (exact) mass is 392 g/mol. The van der Waals surface area contributed by atoms with Crippen LogP contribution in [0.15, 0.2) is 0 Å². The van der Waals surface area contributed by atoms with E-state index in [4.69, 9.17) is 0 Å². The Morgan fingerprint density at radius 1 is 0.964 bits per heavy atom. The number of hydrogen-bond acceptors (Lipinski definition) is 3. The van der Waals surface area contributed by atoms with E-state index in [0.29, 0.717) is 35.5 Å². The Labute approximate surface area is 170 Å². The van der Waals surface area contributed by atoms with Crippen LogP contribution in [0.2, 0.25) is 0 Å². The summed E-state index contributed by atoms with van der Waals surface area (Å²) < 4.78 is 0. The highest BCUT2D eigenvalue weighted by atomic mass is 16.4. The standard InChI is InChI=1S/C24H40O4/c1-4-16-19-13-15(25)9-11-24(19,3)18-10-12-23(2)14(6-8-20(26)27)5-7-17(23)21(18)22(16)28/h14-19,21-22,25,28H,4-13H2,1-3H3,(H,26,27)/t14-,15-,16-,17+,18+,19+,21+,22-,23-,24-/m1/s1. The Kier molecular flexibility index (Phi) is 5.36.